The van der Waals surface area contributed by atoms with Gasteiger partial charge in [0.05, 0.1) is 22.4 Å². The summed E-state index contributed by atoms with van der Waals surface area (Å²) in [6.07, 6.45) is -0.727. The van der Waals surface area contributed by atoms with Gasteiger partial charge in [0.2, 0.25) is 0 Å². The average molecular weight is 476 g/mol. The Morgan fingerprint density at radius 1 is 1.09 bits per heavy atom. The van der Waals surface area contributed by atoms with Gasteiger partial charge in [-0.05, 0) is 30.7 Å². The molecular formula is C24H21N5O4S. The molecule has 2 amide bonds. The molecule has 0 spiro atoms. The topological polar surface area (TPSA) is 128 Å². The van der Waals surface area contributed by atoms with E-state index in [1.165, 1.54) is 0 Å². The van der Waals surface area contributed by atoms with E-state index in [0.29, 0.717) is 26.5 Å². The van der Waals surface area contributed by atoms with Crippen LogP contribution in [0.25, 0.3) is 15.9 Å². The van der Waals surface area contributed by atoms with Crippen LogP contribution in [-0.2, 0) is 4.74 Å². The number of fused-ring (bicyclic) bond motifs is 1. The minimum absolute atomic E-state index is 0.105. The summed E-state index contributed by atoms with van der Waals surface area (Å²) >= 11 is 1.04. The number of ether oxygens (including phenoxy) is 1. The second-order valence-electron chi connectivity index (χ2n) is 7.13. The fraction of sp³-hybridized carbons (Fsp3) is 0.0833. The highest BCUT2D eigenvalue weighted by Gasteiger charge is 2.24. The van der Waals surface area contributed by atoms with Crippen molar-refractivity contribution in [1.29, 1.82) is 0 Å². The molecule has 0 radical (unpaired) electrons. The molecule has 0 saturated carbocycles. The minimum Gasteiger partial charge on any atom is -0.448 e. The predicted molar refractivity (Wildman–Crippen MR) is 132 cm³/mol. The van der Waals surface area contributed by atoms with Gasteiger partial charge in [-0.2, -0.15) is 4.68 Å². The van der Waals surface area contributed by atoms with Crippen molar-refractivity contribution in [1.82, 2.24) is 15.1 Å². The molecule has 34 heavy (non-hydrogen) atoms. The zero-order chi connectivity index (χ0) is 24.2. The van der Waals surface area contributed by atoms with Crippen molar-refractivity contribution >= 4 is 56.7 Å². The van der Waals surface area contributed by atoms with Gasteiger partial charge in [-0.25, -0.2) is 4.79 Å². The number of rotatable bonds is 6. The number of anilines is 2. The Bertz CT molecular complexity index is 1410. The van der Waals surface area contributed by atoms with E-state index >= 15 is 0 Å². The maximum absolute atomic E-state index is 12.9. The second kappa shape index (κ2) is 9.59. The number of nitrogen functional groups attached to an aromatic ring is 1. The quantitative estimate of drug-likeness (QED) is 0.356. The lowest BCUT2D eigenvalue weighted by atomic mass is 10.1. The molecule has 0 unspecified atom stereocenters. The smallest absolute Gasteiger partial charge is 0.436 e. The number of nitrogens with one attached hydrogen (secondary N) is 2. The molecule has 172 valence electrons. The summed E-state index contributed by atoms with van der Waals surface area (Å²) in [6, 6.07) is 17.3. The minimum atomic E-state index is -0.727. The molecule has 0 aliphatic rings. The van der Waals surface area contributed by atoms with Crippen molar-refractivity contribution in [2.75, 3.05) is 17.7 Å². The van der Waals surface area contributed by atoms with Crippen LogP contribution in [-0.4, -0.2) is 34.3 Å². The Balaban J connectivity index is 1.67. The van der Waals surface area contributed by atoms with Crippen LogP contribution in [0.15, 0.2) is 67.2 Å². The first-order valence-electron chi connectivity index (χ1n) is 10.3. The van der Waals surface area contributed by atoms with Crippen LogP contribution >= 0.6 is 11.3 Å². The van der Waals surface area contributed by atoms with Gasteiger partial charge in [0.25, 0.3) is 11.8 Å². The number of nitrogens with zero attached hydrogens (tertiary/aromatic N) is 2. The van der Waals surface area contributed by atoms with Crippen LogP contribution < -0.4 is 16.4 Å². The number of benzene rings is 2. The number of para-hydroxylation sites is 1. The largest absolute Gasteiger partial charge is 0.448 e. The lowest BCUT2D eigenvalue weighted by molar-refractivity contribution is 0.0976. The normalized spacial score (nSPS) is 10.6. The Labute approximate surface area is 198 Å². The molecule has 0 aliphatic carbocycles. The van der Waals surface area contributed by atoms with E-state index in [1.807, 2.05) is 30.3 Å². The van der Waals surface area contributed by atoms with E-state index in [2.05, 4.69) is 22.3 Å². The van der Waals surface area contributed by atoms with E-state index < -0.39 is 17.9 Å². The molecule has 4 rings (SSSR count). The zero-order valence-electron chi connectivity index (χ0n) is 18.2. The van der Waals surface area contributed by atoms with Gasteiger partial charge >= 0.3 is 6.09 Å². The van der Waals surface area contributed by atoms with Gasteiger partial charge in [-0.1, -0.05) is 49.0 Å². The Kier molecular flexibility index (Phi) is 6.42. The number of thiophene rings is 1. The summed E-state index contributed by atoms with van der Waals surface area (Å²) in [5, 5.41) is 10.1. The van der Waals surface area contributed by atoms with E-state index in [1.54, 1.807) is 37.3 Å². The molecule has 2 aromatic carbocycles. The fourth-order valence-electron chi connectivity index (χ4n) is 3.21. The van der Waals surface area contributed by atoms with Gasteiger partial charge in [-0.3, -0.25) is 9.59 Å². The SMILES string of the molecule is C=C(NC(=O)c1cc2c(NC(=O)c3ccccc3N)nn(C(=O)OCC)c2s1)c1ccccc1. The first kappa shape index (κ1) is 22.7. The first-order valence-corrected chi connectivity index (χ1v) is 11.1. The van der Waals surface area contributed by atoms with Gasteiger partial charge in [0.1, 0.15) is 4.83 Å². The van der Waals surface area contributed by atoms with Crippen molar-refractivity contribution in [3.05, 3.63) is 83.2 Å². The molecule has 0 fully saturated rings. The highest BCUT2D eigenvalue weighted by Crippen LogP contribution is 2.32. The Hall–Kier alpha value is -4.44. The van der Waals surface area contributed by atoms with Crippen molar-refractivity contribution in [2.45, 2.75) is 6.92 Å². The molecule has 0 bridgehead atoms. The fourth-order valence-corrected chi connectivity index (χ4v) is 4.21. The number of nitrogens with two attached hydrogens (primary N) is 1. The third-order valence-electron chi connectivity index (χ3n) is 4.85. The summed E-state index contributed by atoms with van der Waals surface area (Å²) < 4.78 is 6.10. The van der Waals surface area contributed by atoms with Crippen molar-refractivity contribution in [2.24, 2.45) is 0 Å². The summed E-state index contributed by atoms with van der Waals surface area (Å²) in [5.41, 5.74) is 7.65. The molecule has 9 nitrogen and oxygen atoms in total. The first-order chi connectivity index (χ1) is 16.4. The molecule has 10 heteroatoms. The van der Waals surface area contributed by atoms with E-state index in [9.17, 15) is 14.4 Å². The van der Waals surface area contributed by atoms with Gasteiger partial charge in [0.15, 0.2) is 5.82 Å². The maximum atomic E-state index is 12.9. The van der Waals surface area contributed by atoms with Crippen LogP contribution in [0.4, 0.5) is 16.3 Å². The van der Waals surface area contributed by atoms with Crippen molar-refractivity contribution in [3.8, 4) is 0 Å². The van der Waals surface area contributed by atoms with Crippen LogP contribution in [0, 0.1) is 0 Å². The molecule has 4 N–H and O–H groups in total. The van der Waals surface area contributed by atoms with E-state index in [-0.39, 0.29) is 18.0 Å². The third kappa shape index (κ3) is 4.52. The number of carbonyl (C=O) groups excluding carboxylic acids is 3. The van der Waals surface area contributed by atoms with Crippen molar-refractivity contribution < 1.29 is 19.1 Å². The number of hydrogen-bond donors (Lipinski definition) is 3. The third-order valence-corrected chi connectivity index (χ3v) is 5.96. The van der Waals surface area contributed by atoms with Crippen LogP contribution in [0.1, 0.15) is 32.5 Å². The summed E-state index contributed by atoms with van der Waals surface area (Å²) in [6.45, 7) is 5.72. The molecule has 0 aliphatic heterocycles. The summed E-state index contributed by atoms with van der Waals surface area (Å²) in [4.78, 5) is 38.8. The lowest BCUT2D eigenvalue weighted by Crippen LogP contribution is -2.20. The zero-order valence-corrected chi connectivity index (χ0v) is 19.0. The highest BCUT2D eigenvalue weighted by atomic mass is 32.1. The molecule has 4 aromatic rings. The van der Waals surface area contributed by atoms with Gasteiger partial charge < -0.3 is 21.1 Å². The summed E-state index contributed by atoms with van der Waals surface area (Å²) in [7, 11) is 0. The predicted octanol–water partition coefficient (Wildman–Crippen LogP) is 4.34. The Morgan fingerprint density at radius 2 is 1.79 bits per heavy atom. The maximum Gasteiger partial charge on any atom is 0.436 e. The molecule has 0 atom stereocenters. The van der Waals surface area contributed by atoms with Gasteiger partial charge in [0, 0.05) is 11.4 Å². The number of amides is 2. The monoisotopic (exact) mass is 475 g/mol. The molecule has 2 aromatic heterocycles. The van der Waals surface area contributed by atoms with Crippen molar-refractivity contribution in [3.63, 3.8) is 0 Å². The highest BCUT2D eigenvalue weighted by molar-refractivity contribution is 7.20. The molecular weight excluding hydrogens is 454 g/mol. The van der Waals surface area contributed by atoms with Crippen LogP contribution in [0.2, 0.25) is 0 Å². The standard InChI is InChI=1S/C24H21N5O4S/c1-3-33-24(32)29-23-17(20(28-29)27-21(30)16-11-7-8-12-18(16)25)13-19(34-23)22(31)26-14(2)15-9-5-4-6-10-15/h4-13H,2-3,25H2,1H3,(H,26,31)(H,27,28,30). The average Bonchev–Trinajstić information content (AvgIpc) is 3.40. The molecule has 2 heterocycles. The summed E-state index contributed by atoms with van der Waals surface area (Å²) in [5.74, 6) is -0.799. The van der Waals surface area contributed by atoms with Crippen LogP contribution in [0.3, 0.4) is 0 Å². The lowest BCUT2D eigenvalue weighted by Gasteiger charge is -2.07. The van der Waals surface area contributed by atoms with Gasteiger partial charge in [-0.15, -0.1) is 16.4 Å². The number of carbonyl (C=O) groups is 3. The number of hydrogen-bond acceptors (Lipinski definition) is 7. The molecule has 0 saturated heterocycles. The van der Waals surface area contributed by atoms with E-state index in [4.69, 9.17) is 10.5 Å². The number of aromatic nitrogens is 2. The Morgan fingerprint density at radius 3 is 2.50 bits per heavy atom. The van der Waals surface area contributed by atoms with Crippen LogP contribution in [0.5, 0.6) is 0 Å². The second-order valence-corrected chi connectivity index (χ2v) is 8.16. The van der Waals surface area contributed by atoms with E-state index in [0.717, 1.165) is 21.6 Å².